The van der Waals surface area contributed by atoms with Gasteiger partial charge < -0.3 is 28.8 Å². The zero-order valence-electron chi connectivity index (χ0n) is 15.5. The van der Waals surface area contributed by atoms with Crippen LogP contribution in [0.5, 0.6) is 11.5 Å². The van der Waals surface area contributed by atoms with E-state index in [1.54, 1.807) is 30.3 Å². The summed E-state index contributed by atoms with van der Waals surface area (Å²) in [6, 6.07) is 7.44. The van der Waals surface area contributed by atoms with E-state index in [9.17, 15) is 14.7 Å². The fourth-order valence-corrected chi connectivity index (χ4v) is 3.36. The lowest BCUT2D eigenvalue weighted by Gasteiger charge is -2.24. The third kappa shape index (κ3) is 3.01. The predicted octanol–water partition coefficient (Wildman–Crippen LogP) is 1.99. The molecule has 0 bridgehead atoms. The van der Waals surface area contributed by atoms with Gasteiger partial charge in [0.05, 0.1) is 11.8 Å². The molecule has 146 valence electrons. The first-order valence-electron chi connectivity index (χ1n) is 8.84. The third-order valence-electron chi connectivity index (χ3n) is 4.79. The lowest BCUT2D eigenvalue weighted by Crippen LogP contribution is -2.35. The van der Waals surface area contributed by atoms with Crippen molar-refractivity contribution in [1.29, 1.82) is 0 Å². The summed E-state index contributed by atoms with van der Waals surface area (Å²) in [7, 11) is 3.76. The van der Waals surface area contributed by atoms with Crippen LogP contribution in [-0.2, 0) is 9.59 Å². The SMILES string of the molecule is CN(C)CCN1C(=O)C(=O)C(=C(O)c2ccc3c(c2)OCO3)C1c1ccco1. The number of benzene rings is 1. The summed E-state index contributed by atoms with van der Waals surface area (Å²) in [6.45, 7) is 0.982. The number of amides is 1. The van der Waals surface area contributed by atoms with Crippen LogP contribution in [0.25, 0.3) is 5.76 Å². The molecule has 0 saturated carbocycles. The number of ketones is 1. The van der Waals surface area contributed by atoms with Crippen LogP contribution in [-0.4, -0.2) is 60.6 Å². The molecule has 8 nitrogen and oxygen atoms in total. The molecule has 3 heterocycles. The van der Waals surface area contributed by atoms with Crippen LogP contribution in [0.4, 0.5) is 0 Å². The average Bonchev–Trinajstić information content (AvgIpc) is 3.40. The number of Topliss-reactive ketones (excluding diaryl/α,β-unsaturated/α-hetero) is 1. The van der Waals surface area contributed by atoms with Gasteiger partial charge in [-0.3, -0.25) is 9.59 Å². The van der Waals surface area contributed by atoms with Crippen LogP contribution in [0.3, 0.4) is 0 Å². The lowest BCUT2D eigenvalue weighted by atomic mass is 9.99. The standard InChI is InChI=1S/C20H20N2O6/c1-21(2)7-8-22-17(14-4-3-9-26-14)16(19(24)20(22)25)18(23)12-5-6-13-15(10-12)28-11-27-13/h3-6,9-10,17,23H,7-8,11H2,1-2H3. The molecule has 2 aromatic rings. The number of rotatable bonds is 5. The number of ether oxygens (including phenoxy) is 2. The lowest BCUT2D eigenvalue weighted by molar-refractivity contribution is -0.140. The van der Waals surface area contributed by atoms with Gasteiger partial charge in [0.15, 0.2) is 11.5 Å². The molecule has 2 aliphatic rings. The van der Waals surface area contributed by atoms with Gasteiger partial charge in [0.2, 0.25) is 6.79 Å². The molecule has 1 unspecified atom stereocenters. The number of aliphatic hydroxyl groups excluding tert-OH is 1. The molecule has 0 radical (unpaired) electrons. The predicted molar refractivity (Wildman–Crippen MR) is 98.8 cm³/mol. The van der Waals surface area contributed by atoms with Crippen LogP contribution in [0.1, 0.15) is 17.4 Å². The van der Waals surface area contributed by atoms with E-state index in [2.05, 4.69) is 0 Å². The molecule has 1 fully saturated rings. The Balaban J connectivity index is 1.79. The van der Waals surface area contributed by atoms with Gasteiger partial charge in [-0.2, -0.15) is 0 Å². The zero-order valence-corrected chi connectivity index (χ0v) is 15.5. The molecule has 1 atom stereocenters. The third-order valence-corrected chi connectivity index (χ3v) is 4.79. The normalized spacial score (nSPS) is 20.4. The molecule has 1 saturated heterocycles. The molecule has 1 N–H and O–H groups in total. The number of fused-ring (bicyclic) bond motifs is 1. The summed E-state index contributed by atoms with van der Waals surface area (Å²) in [6.07, 6.45) is 1.47. The molecular weight excluding hydrogens is 364 g/mol. The number of hydrogen-bond acceptors (Lipinski definition) is 7. The fraction of sp³-hybridized carbons (Fsp3) is 0.300. The first-order chi connectivity index (χ1) is 13.5. The van der Waals surface area contributed by atoms with Crippen molar-refractivity contribution >= 4 is 17.4 Å². The van der Waals surface area contributed by atoms with Crippen LogP contribution in [0, 0.1) is 0 Å². The van der Waals surface area contributed by atoms with Gasteiger partial charge in [-0.15, -0.1) is 0 Å². The number of carbonyl (C=O) groups excluding carboxylic acids is 2. The van der Waals surface area contributed by atoms with Crippen molar-refractivity contribution < 1.29 is 28.6 Å². The van der Waals surface area contributed by atoms with Crippen molar-refractivity contribution in [3.05, 3.63) is 53.5 Å². The molecule has 0 aliphatic carbocycles. The van der Waals surface area contributed by atoms with Crippen LogP contribution in [0.2, 0.25) is 0 Å². The highest BCUT2D eigenvalue weighted by Gasteiger charge is 2.47. The van der Waals surface area contributed by atoms with E-state index in [1.165, 1.54) is 11.2 Å². The van der Waals surface area contributed by atoms with Crippen molar-refractivity contribution in [2.24, 2.45) is 0 Å². The number of nitrogens with zero attached hydrogens (tertiary/aromatic N) is 2. The quantitative estimate of drug-likeness (QED) is 0.479. The molecule has 8 heteroatoms. The van der Waals surface area contributed by atoms with Gasteiger partial charge in [0.1, 0.15) is 17.6 Å². The van der Waals surface area contributed by atoms with E-state index in [0.717, 1.165) is 0 Å². The second kappa shape index (κ2) is 7.05. The van der Waals surface area contributed by atoms with Crippen molar-refractivity contribution in [3.8, 4) is 11.5 Å². The van der Waals surface area contributed by atoms with Gasteiger partial charge in [0, 0.05) is 18.7 Å². The molecule has 4 rings (SSSR count). The Labute approximate surface area is 161 Å². The maximum absolute atomic E-state index is 12.8. The van der Waals surface area contributed by atoms with Crippen molar-refractivity contribution in [1.82, 2.24) is 9.80 Å². The Morgan fingerprint density at radius 1 is 1.21 bits per heavy atom. The number of carbonyl (C=O) groups is 2. The highest BCUT2D eigenvalue weighted by molar-refractivity contribution is 6.46. The second-order valence-electron chi connectivity index (χ2n) is 6.88. The summed E-state index contributed by atoms with van der Waals surface area (Å²) in [4.78, 5) is 28.8. The van der Waals surface area contributed by atoms with Crippen molar-refractivity contribution in [3.63, 3.8) is 0 Å². The number of likely N-dealkylation sites (tertiary alicyclic amines) is 1. The minimum absolute atomic E-state index is 0.00225. The van der Waals surface area contributed by atoms with E-state index in [-0.39, 0.29) is 18.1 Å². The first-order valence-corrected chi connectivity index (χ1v) is 8.84. The second-order valence-corrected chi connectivity index (χ2v) is 6.88. The largest absolute Gasteiger partial charge is 0.507 e. The minimum Gasteiger partial charge on any atom is -0.507 e. The van der Waals surface area contributed by atoms with Crippen LogP contribution >= 0.6 is 0 Å². The van der Waals surface area contributed by atoms with E-state index < -0.39 is 17.7 Å². The van der Waals surface area contributed by atoms with Gasteiger partial charge in [0.25, 0.3) is 11.7 Å². The number of aliphatic hydroxyl groups is 1. The molecule has 2 aliphatic heterocycles. The Kier molecular flexibility index (Phi) is 4.56. The van der Waals surface area contributed by atoms with E-state index in [1.807, 2.05) is 19.0 Å². The monoisotopic (exact) mass is 384 g/mol. The van der Waals surface area contributed by atoms with E-state index in [0.29, 0.717) is 35.9 Å². The van der Waals surface area contributed by atoms with Gasteiger partial charge in [-0.05, 0) is 44.4 Å². The van der Waals surface area contributed by atoms with Crippen LogP contribution < -0.4 is 9.47 Å². The number of furan rings is 1. The topological polar surface area (TPSA) is 92.5 Å². The summed E-state index contributed by atoms with van der Waals surface area (Å²) in [5.74, 6) is -0.225. The van der Waals surface area contributed by atoms with Crippen molar-refractivity contribution in [2.75, 3.05) is 34.0 Å². The number of hydrogen-bond donors (Lipinski definition) is 1. The van der Waals surface area contributed by atoms with E-state index in [4.69, 9.17) is 13.9 Å². The first kappa shape index (κ1) is 18.1. The van der Waals surface area contributed by atoms with Gasteiger partial charge in [-0.1, -0.05) is 0 Å². The van der Waals surface area contributed by atoms with Crippen molar-refractivity contribution in [2.45, 2.75) is 6.04 Å². The van der Waals surface area contributed by atoms with E-state index >= 15 is 0 Å². The Morgan fingerprint density at radius 3 is 2.71 bits per heavy atom. The molecule has 1 aromatic carbocycles. The average molecular weight is 384 g/mol. The minimum atomic E-state index is -0.791. The maximum Gasteiger partial charge on any atom is 0.295 e. The summed E-state index contributed by atoms with van der Waals surface area (Å²) >= 11 is 0. The maximum atomic E-state index is 12.8. The molecular formula is C20H20N2O6. The number of likely N-dealkylation sites (N-methyl/N-ethyl adjacent to an activating group) is 1. The highest BCUT2D eigenvalue weighted by atomic mass is 16.7. The molecule has 0 spiro atoms. The highest BCUT2D eigenvalue weighted by Crippen LogP contribution is 2.41. The van der Waals surface area contributed by atoms with Gasteiger partial charge in [-0.25, -0.2) is 0 Å². The van der Waals surface area contributed by atoms with Crippen LogP contribution in [0.15, 0.2) is 46.6 Å². The Morgan fingerprint density at radius 2 is 2.00 bits per heavy atom. The summed E-state index contributed by atoms with van der Waals surface area (Å²) in [5, 5.41) is 10.9. The zero-order chi connectivity index (χ0) is 19.8. The Bertz CT molecular complexity index is 948. The summed E-state index contributed by atoms with van der Waals surface area (Å²) < 4.78 is 16.1. The fourth-order valence-electron chi connectivity index (χ4n) is 3.36. The molecule has 1 aromatic heterocycles. The molecule has 1 amide bonds. The van der Waals surface area contributed by atoms with Gasteiger partial charge >= 0.3 is 0 Å². The molecule has 28 heavy (non-hydrogen) atoms. The summed E-state index contributed by atoms with van der Waals surface area (Å²) in [5.41, 5.74) is 0.365. The Hall–Kier alpha value is -3.26. The smallest absolute Gasteiger partial charge is 0.295 e.